The number of aromatic carboxylic acids is 1. The van der Waals surface area contributed by atoms with Crippen molar-refractivity contribution in [3.05, 3.63) is 51.6 Å². The van der Waals surface area contributed by atoms with Crippen molar-refractivity contribution in [2.24, 2.45) is 0 Å². The third kappa shape index (κ3) is 3.25. The Bertz CT molecular complexity index is 589. The molecule has 0 amide bonds. The summed E-state index contributed by atoms with van der Waals surface area (Å²) in [6.45, 7) is 0. The number of rotatable bonds is 3. The van der Waals surface area contributed by atoms with Crippen LogP contribution in [-0.2, 0) is 0 Å². The normalized spacial score (nSPS) is 10.3. The van der Waals surface area contributed by atoms with E-state index in [-0.39, 0.29) is 10.7 Å². The van der Waals surface area contributed by atoms with Gasteiger partial charge in [-0.05, 0) is 36.4 Å². The van der Waals surface area contributed by atoms with Gasteiger partial charge in [-0.2, -0.15) is 0 Å². The molecular weight excluding hydrogens is 338 g/mol. The summed E-state index contributed by atoms with van der Waals surface area (Å²) in [7, 11) is 0. The predicted molar refractivity (Wildman–Crippen MR) is 74.5 cm³/mol. The number of hydrogen-bond acceptors (Lipinski definition) is 3. The average molecular weight is 345 g/mol. The Hall–Kier alpha value is -1.04. The van der Waals surface area contributed by atoms with Crippen LogP contribution in [0.3, 0.4) is 0 Å². The molecule has 0 fully saturated rings. The maximum atomic E-state index is 11.1. The molecule has 92 valence electrons. The lowest BCUT2D eigenvalue weighted by molar-refractivity contribution is 0.0692. The Labute approximate surface area is 121 Å². The van der Waals surface area contributed by atoms with E-state index in [4.69, 9.17) is 16.7 Å². The van der Waals surface area contributed by atoms with Gasteiger partial charge in [0.2, 0.25) is 0 Å². The fraction of sp³-hybridized carbons (Fsp3) is 0. The van der Waals surface area contributed by atoms with Crippen molar-refractivity contribution in [1.29, 1.82) is 0 Å². The third-order valence-corrected chi connectivity index (χ3v) is 3.84. The summed E-state index contributed by atoms with van der Waals surface area (Å²) in [6, 6.07) is 10.4. The summed E-state index contributed by atoms with van der Waals surface area (Å²) in [6.07, 6.45) is 0. The molecule has 0 unspecified atom stereocenters. The highest BCUT2D eigenvalue weighted by molar-refractivity contribution is 9.10. The lowest BCUT2D eigenvalue weighted by atomic mass is 10.3. The third-order valence-electron chi connectivity index (χ3n) is 2.08. The standard InChI is InChI=1S/C12H7BrClNO2S/c13-7-1-3-8(4-2-7)18-11-9(12(16)17)5-6-10(14)15-11/h1-6H,(H,16,17). The number of carboxylic acid groups (broad SMARTS) is 1. The Morgan fingerprint density at radius 3 is 2.50 bits per heavy atom. The fourth-order valence-corrected chi connectivity index (χ4v) is 2.64. The van der Waals surface area contributed by atoms with E-state index in [1.807, 2.05) is 24.3 Å². The fourth-order valence-electron chi connectivity index (χ4n) is 1.27. The van der Waals surface area contributed by atoms with Crippen LogP contribution in [0.1, 0.15) is 10.4 Å². The Morgan fingerprint density at radius 2 is 1.89 bits per heavy atom. The molecular formula is C12H7BrClNO2S. The van der Waals surface area contributed by atoms with Crippen molar-refractivity contribution < 1.29 is 9.90 Å². The average Bonchev–Trinajstić information content (AvgIpc) is 2.32. The predicted octanol–water partition coefficient (Wildman–Crippen LogP) is 4.35. The first kappa shape index (κ1) is 13.4. The van der Waals surface area contributed by atoms with Gasteiger partial charge in [0.25, 0.3) is 0 Å². The second-order valence-electron chi connectivity index (χ2n) is 3.35. The van der Waals surface area contributed by atoms with Crippen molar-refractivity contribution >= 4 is 45.3 Å². The smallest absolute Gasteiger partial charge is 0.338 e. The molecule has 0 saturated carbocycles. The lowest BCUT2D eigenvalue weighted by Gasteiger charge is -2.05. The summed E-state index contributed by atoms with van der Waals surface area (Å²) in [5, 5.41) is 9.74. The molecule has 3 nitrogen and oxygen atoms in total. The molecule has 0 aliphatic rings. The number of nitrogens with zero attached hydrogens (tertiary/aromatic N) is 1. The van der Waals surface area contributed by atoms with Gasteiger partial charge in [0.05, 0.1) is 5.56 Å². The molecule has 0 aliphatic heterocycles. The van der Waals surface area contributed by atoms with E-state index in [0.29, 0.717) is 5.03 Å². The second kappa shape index (κ2) is 5.73. The number of carboxylic acids is 1. The zero-order valence-electron chi connectivity index (χ0n) is 8.93. The van der Waals surface area contributed by atoms with Gasteiger partial charge in [0.15, 0.2) is 0 Å². The molecule has 0 saturated heterocycles. The zero-order valence-corrected chi connectivity index (χ0v) is 12.1. The van der Waals surface area contributed by atoms with Crippen molar-refractivity contribution in [3.8, 4) is 0 Å². The Kier molecular flexibility index (Phi) is 4.27. The molecule has 0 radical (unpaired) electrons. The van der Waals surface area contributed by atoms with Gasteiger partial charge in [0.1, 0.15) is 10.2 Å². The molecule has 6 heteroatoms. The van der Waals surface area contributed by atoms with Crippen molar-refractivity contribution in [2.75, 3.05) is 0 Å². The summed E-state index contributed by atoms with van der Waals surface area (Å²) in [4.78, 5) is 16.0. The number of aromatic nitrogens is 1. The van der Waals surface area contributed by atoms with Gasteiger partial charge >= 0.3 is 5.97 Å². The van der Waals surface area contributed by atoms with Crippen LogP contribution in [0.5, 0.6) is 0 Å². The van der Waals surface area contributed by atoms with Gasteiger partial charge in [0, 0.05) is 9.37 Å². The van der Waals surface area contributed by atoms with E-state index < -0.39 is 5.97 Å². The molecule has 1 aromatic heterocycles. The molecule has 0 aliphatic carbocycles. The van der Waals surface area contributed by atoms with Crippen LogP contribution in [0.25, 0.3) is 0 Å². The highest BCUT2D eigenvalue weighted by atomic mass is 79.9. The van der Waals surface area contributed by atoms with Crippen LogP contribution in [0, 0.1) is 0 Å². The minimum atomic E-state index is -1.02. The van der Waals surface area contributed by atoms with E-state index in [2.05, 4.69) is 20.9 Å². The number of benzene rings is 1. The van der Waals surface area contributed by atoms with Gasteiger partial charge in [-0.15, -0.1) is 0 Å². The first-order valence-electron chi connectivity index (χ1n) is 4.89. The van der Waals surface area contributed by atoms with Crippen LogP contribution >= 0.6 is 39.3 Å². The van der Waals surface area contributed by atoms with E-state index in [1.54, 1.807) is 0 Å². The first-order chi connectivity index (χ1) is 8.56. The number of carbonyl (C=O) groups is 1. The SMILES string of the molecule is O=C(O)c1ccc(Cl)nc1Sc1ccc(Br)cc1. The monoisotopic (exact) mass is 343 g/mol. The molecule has 1 N–H and O–H groups in total. The van der Waals surface area contributed by atoms with E-state index >= 15 is 0 Å². The first-order valence-corrected chi connectivity index (χ1v) is 6.88. The van der Waals surface area contributed by atoms with Crippen molar-refractivity contribution in [2.45, 2.75) is 9.92 Å². The maximum absolute atomic E-state index is 11.1. The van der Waals surface area contributed by atoms with E-state index in [1.165, 1.54) is 23.9 Å². The highest BCUT2D eigenvalue weighted by Crippen LogP contribution is 2.30. The Balaban J connectivity index is 2.35. The molecule has 0 spiro atoms. The van der Waals surface area contributed by atoms with Crippen LogP contribution in [-0.4, -0.2) is 16.1 Å². The molecule has 0 atom stereocenters. The molecule has 2 aromatic rings. The number of pyridine rings is 1. The second-order valence-corrected chi connectivity index (χ2v) is 5.71. The van der Waals surface area contributed by atoms with Crippen LogP contribution < -0.4 is 0 Å². The van der Waals surface area contributed by atoms with Crippen LogP contribution in [0.2, 0.25) is 5.15 Å². The summed E-state index contributed by atoms with van der Waals surface area (Å²) < 4.78 is 0.962. The molecule has 2 rings (SSSR count). The summed E-state index contributed by atoms with van der Waals surface area (Å²) in [5.74, 6) is -1.02. The zero-order chi connectivity index (χ0) is 13.1. The topological polar surface area (TPSA) is 50.2 Å². The molecule has 1 heterocycles. The molecule has 18 heavy (non-hydrogen) atoms. The van der Waals surface area contributed by atoms with E-state index in [9.17, 15) is 4.79 Å². The van der Waals surface area contributed by atoms with Gasteiger partial charge < -0.3 is 5.11 Å². The maximum Gasteiger partial charge on any atom is 0.338 e. The minimum absolute atomic E-state index is 0.146. The summed E-state index contributed by atoms with van der Waals surface area (Å²) >= 11 is 10.4. The van der Waals surface area contributed by atoms with Crippen LogP contribution in [0.15, 0.2) is 50.8 Å². The summed E-state index contributed by atoms with van der Waals surface area (Å²) in [5.41, 5.74) is 0.146. The molecule has 0 bridgehead atoms. The van der Waals surface area contributed by atoms with Gasteiger partial charge in [-0.1, -0.05) is 39.3 Å². The van der Waals surface area contributed by atoms with E-state index in [0.717, 1.165) is 9.37 Å². The largest absolute Gasteiger partial charge is 0.478 e. The van der Waals surface area contributed by atoms with Crippen molar-refractivity contribution in [3.63, 3.8) is 0 Å². The van der Waals surface area contributed by atoms with Crippen LogP contribution in [0.4, 0.5) is 0 Å². The molecule has 1 aromatic carbocycles. The Morgan fingerprint density at radius 1 is 1.22 bits per heavy atom. The lowest BCUT2D eigenvalue weighted by Crippen LogP contribution is -2.00. The quantitative estimate of drug-likeness (QED) is 0.841. The van der Waals surface area contributed by atoms with Crippen molar-refractivity contribution in [1.82, 2.24) is 4.98 Å². The minimum Gasteiger partial charge on any atom is -0.478 e. The highest BCUT2D eigenvalue weighted by Gasteiger charge is 2.13. The number of hydrogen-bond donors (Lipinski definition) is 1. The van der Waals surface area contributed by atoms with Gasteiger partial charge in [-0.3, -0.25) is 0 Å². The van der Waals surface area contributed by atoms with Gasteiger partial charge in [-0.25, -0.2) is 9.78 Å². The number of halogens is 2.